The Hall–Kier alpha value is -2.55. The summed E-state index contributed by atoms with van der Waals surface area (Å²) >= 11 is 7.90. The first-order valence-electron chi connectivity index (χ1n) is 12.2. The van der Waals surface area contributed by atoms with Crippen LogP contribution in [0.25, 0.3) is 0 Å². The lowest BCUT2D eigenvalue weighted by molar-refractivity contribution is -0.154. The van der Waals surface area contributed by atoms with Crippen LogP contribution in [0.5, 0.6) is 0 Å². The van der Waals surface area contributed by atoms with Gasteiger partial charge in [-0.15, -0.1) is 11.8 Å². The molecule has 3 aliphatic heterocycles. The Morgan fingerprint density at radius 3 is 2.58 bits per heavy atom. The number of ether oxygens (including phenoxy) is 1. The molecule has 3 saturated heterocycles. The molecular weight excluding hydrogens is 500 g/mol. The molecule has 3 heterocycles. The van der Waals surface area contributed by atoms with E-state index in [0.717, 1.165) is 5.56 Å². The summed E-state index contributed by atoms with van der Waals surface area (Å²) in [6, 6.07) is 14.5. The van der Waals surface area contributed by atoms with E-state index in [1.165, 1.54) is 4.90 Å². The quantitative estimate of drug-likeness (QED) is 0.529. The first-order chi connectivity index (χ1) is 17.3. The van der Waals surface area contributed by atoms with E-state index in [9.17, 15) is 19.5 Å². The van der Waals surface area contributed by atoms with Crippen LogP contribution in [0.2, 0.25) is 5.02 Å². The third kappa shape index (κ3) is 3.73. The van der Waals surface area contributed by atoms with Crippen molar-refractivity contribution in [3.63, 3.8) is 0 Å². The Kier molecular flexibility index (Phi) is 6.78. The van der Waals surface area contributed by atoms with Crippen LogP contribution in [0.4, 0.5) is 5.69 Å². The highest BCUT2D eigenvalue weighted by Gasteiger charge is 2.77. The largest absolute Gasteiger partial charge is 0.466 e. The van der Waals surface area contributed by atoms with E-state index >= 15 is 0 Å². The molecule has 2 aromatic carbocycles. The Morgan fingerprint density at radius 2 is 1.92 bits per heavy atom. The van der Waals surface area contributed by atoms with Gasteiger partial charge in [0.1, 0.15) is 6.04 Å². The van der Waals surface area contributed by atoms with Crippen LogP contribution < -0.4 is 5.32 Å². The van der Waals surface area contributed by atoms with Crippen LogP contribution >= 0.6 is 23.4 Å². The van der Waals surface area contributed by atoms with E-state index < -0.39 is 34.6 Å². The number of rotatable bonds is 7. The average Bonchev–Trinajstić information content (AvgIpc) is 3.46. The lowest BCUT2D eigenvalue weighted by Gasteiger charge is -2.40. The molecule has 2 amide bonds. The smallest absolute Gasteiger partial charge is 0.310 e. The minimum atomic E-state index is -0.909. The number of hydrogen-bond acceptors (Lipinski definition) is 6. The summed E-state index contributed by atoms with van der Waals surface area (Å²) in [5.74, 6) is -2.41. The molecule has 2 aromatic rings. The fourth-order valence-electron chi connectivity index (χ4n) is 6.39. The Morgan fingerprint density at radius 1 is 1.22 bits per heavy atom. The van der Waals surface area contributed by atoms with Gasteiger partial charge in [0.15, 0.2) is 0 Å². The number of carbonyl (C=O) groups excluding carboxylic acids is 3. The summed E-state index contributed by atoms with van der Waals surface area (Å²) in [7, 11) is 0. The van der Waals surface area contributed by atoms with E-state index in [2.05, 4.69) is 5.32 Å². The molecule has 5 rings (SSSR count). The number of benzene rings is 2. The number of fused-ring (bicyclic) bond motifs is 1. The first kappa shape index (κ1) is 25.1. The first-order valence-corrected chi connectivity index (χ1v) is 13.5. The van der Waals surface area contributed by atoms with Crippen LogP contribution in [-0.4, -0.2) is 57.0 Å². The molecule has 0 radical (unpaired) electrons. The molecule has 7 atom stereocenters. The maximum atomic E-state index is 14.2. The number of carbonyl (C=O) groups is 3. The van der Waals surface area contributed by atoms with Gasteiger partial charge in [-0.1, -0.05) is 61.0 Å². The maximum Gasteiger partial charge on any atom is 0.310 e. The highest BCUT2D eigenvalue weighted by molar-refractivity contribution is 8.02. The third-order valence-electron chi connectivity index (χ3n) is 7.82. The summed E-state index contributed by atoms with van der Waals surface area (Å²) in [6.45, 7) is 3.65. The monoisotopic (exact) mass is 528 g/mol. The number of nitrogens with one attached hydrogen (secondary N) is 1. The molecule has 0 saturated carbocycles. The molecule has 1 spiro atoms. The van der Waals surface area contributed by atoms with Gasteiger partial charge in [-0.2, -0.15) is 0 Å². The number of aliphatic hydroxyl groups excluding tert-OH is 1. The molecule has 7 nitrogen and oxygen atoms in total. The SMILES string of the molecule is CCOC(=O)[C@@H]1[C@@H]2CC(C)C3(S2)C(C(=O)Nc2ccccc2Cl)N([C@H](CO)c2ccccc2)C(=O)[C@H]13. The summed E-state index contributed by atoms with van der Waals surface area (Å²) in [5, 5.41) is 13.7. The number of likely N-dealkylation sites (tertiary alicyclic amines) is 1. The molecule has 0 aliphatic carbocycles. The van der Waals surface area contributed by atoms with Gasteiger partial charge in [0.05, 0.1) is 46.5 Å². The van der Waals surface area contributed by atoms with Crippen LogP contribution in [0.1, 0.15) is 31.9 Å². The van der Waals surface area contributed by atoms with E-state index in [1.54, 1.807) is 43.0 Å². The molecule has 3 fully saturated rings. The van der Waals surface area contributed by atoms with Gasteiger partial charge in [0.25, 0.3) is 0 Å². The van der Waals surface area contributed by atoms with Crippen molar-refractivity contribution in [2.45, 2.75) is 42.3 Å². The van der Waals surface area contributed by atoms with Crippen LogP contribution in [0, 0.1) is 17.8 Å². The van der Waals surface area contributed by atoms with Crippen LogP contribution in [0.3, 0.4) is 0 Å². The average molecular weight is 529 g/mol. The van der Waals surface area contributed by atoms with Crippen molar-refractivity contribution in [3.05, 3.63) is 65.2 Å². The standard InChI is InChI=1S/C27H29ClN2O5S/c1-3-35-26(34)21-20-13-15(2)27(36-20)22(21)25(33)30(19(14-31)16-9-5-4-6-10-16)23(27)24(32)29-18-12-8-7-11-17(18)28/h4-12,15,19-23,31H,3,13-14H2,1-2H3,(H,29,32)/t15?,19-,20+,21-,22+,23?,27?/m1/s1. The molecule has 2 N–H and O–H groups in total. The molecule has 9 heteroatoms. The van der Waals surface area contributed by atoms with Crippen LogP contribution in [-0.2, 0) is 19.1 Å². The van der Waals surface area contributed by atoms with Crippen molar-refractivity contribution in [2.75, 3.05) is 18.5 Å². The zero-order chi connectivity index (χ0) is 25.6. The number of amides is 2. The zero-order valence-electron chi connectivity index (χ0n) is 20.1. The van der Waals surface area contributed by atoms with Gasteiger partial charge in [0.2, 0.25) is 11.8 Å². The van der Waals surface area contributed by atoms with Crippen molar-refractivity contribution < 1.29 is 24.2 Å². The van der Waals surface area contributed by atoms with Crippen molar-refractivity contribution >= 4 is 46.8 Å². The molecule has 0 aromatic heterocycles. The molecule has 3 aliphatic rings. The predicted octanol–water partition coefficient (Wildman–Crippen LogP) is 3.91. The minimum Gasteiger partial charge on any atom is -0.466 e. The highest BCUT2D eigenvalue weighted by Crippen LogP contribution is 2.69. The fraction of sp³-hybridized carbons (Fsp3) is 0.444. The molecular formula is C27H29ClN2O5S. The molecule has 36 heavy (non-hydrogen) atoms. The van der Waals surface area contributed by atoms with Crippen molar-refractivity contribution in [3.8, 4) is 0 Å². The number of halogens is 1. The van der Waals surface area contributed by atoms with E-state index in [1.807, 2.05) is 37.3 Å². The van der Waals surface area contributed by atoms with Gasteiger partial charge >= 0.3 is 5.97 Å². The minimum absolute atomic E-state index is 0.00534. The number of hydrogen-bond donors (Lipinski definition) is 2. The number of nitrogens with zero attached hydrogens (tertiary/aromatic N) is 1. The summed E-state index contributed by atoms with van der Waals surface area (Å²) in [4.78, 5) is 42.9. The third-order valence-corrected chi connectivity index (χ3v) is 10.2. The molecule has 2 bridgehead atoms. The molecule has 190 valence electrons. The van der Waals surface area contributed by atoms with E-state index in [-0.39, 0.29) is 36.2 Å². The van der Waals surface area contributed by atoms with Gasteiger partial charge in [-0.3, -0.25) is 14.4 Å². The lowest BCUT2D eigenvalue weighted by atomic mass is 9.66. The summed E-state index contributed by atoms with van der Waals surface area (Å²) in [6.07, 6.45) is 0.705. The van der Waals surface area contributed by atoms with Crippen molar-refractivity contribution in [1.82, 2.24) is 4.90 Å². The Bertz CT molecular complexity index is 1180. The lowest BCUT2D eigenvalue weighted by Crippen LogP contribution is -2.55. The second kappa shape index (κ2) is 9.72. The van der Waals surface area contributed by atoms with Gasteiger partial charge in [-0.25, -0.2) is 0 Å². The van der Waals surface area contributed by atoms with E-state index in [4.69, 9.17) is 16.3 Å². The van der Waals surface area contributed by atoms with Crippen molar-refractivity contribution in [1.29, 1.82) is 0 Å². The number of thioether (sulfide) groups is 1. The summed E-state index contributed by atoms with van der Waals surface area (Å²) in [5.41, 5.74) is 1.17. The number of esters is 1. The normalized spacial score (nSPS) is 31.3. The van der Waals surface area contributed by atoms with Gasteiger partial charge in [0, 0.05) is 5.25 Å². The zero-order valence-corrected chi connectivity index (χ0v) is 21.7. The van der Waals surface area contributed by atoms with Crippen molar-refractivity contribution in [2.24, 2.45) is 17.8 Å². The Labute approximate surface area is 219 Å². The predicted molar refractivity (Wildman–Crippen MR) is 138 cm³/mol. The summed E-state index contributed by atoms with van der Waals surface area (Å²) < 4.78 is 4.56. The Balaban J connectivity index is 1.63. The van der Waals surface area contributed by atoms with Gasteiger partial charge < -0.3 is 20.1 Å². The number of anilines is 1. The molecule has 3 unspecified atom stereocenters. The fourth-order valence-corrected chi connectivity index (χ4v) is 8.97. The second-order valence-corrected chi connectivity index (χ2v) is 11.6. The van der Waals surface area contributed by atoms with Crippen LogP contribution in [0.15, 0.2) is 54.6 Å². The second-order valence-electron chi connectivity index (χ2n) is 9.63. The topological polar surface area (TPSA) is 95.9 Å². The number of aliphatic hydroxyl groups is 1. The highest BCUT2D eigenvalue weighted by atomic mass is 35.5. The maximum absolute atomic E-state index is 14.2. The van der Waals surface area contributed by atoms with Gasteiger partial charge in [-0.05, 0) is 37.0 Å². The number of para-hydroxylation sites is 1. The van der Waals surface area contributed by atoms with E-state index in [0.29, 0.717) is 17.1 Å².